The molecule has 74 valence electrons. The Morgan fingerprint density at radius 3 is 2.86 bits per heavy atom. The molecule has 0 spiro atoms. The van der Waals surface area contributed by atoms with E-state index in [0.717, 1.165) is 22.8 Å². The normalized spacial score (nSPS) is 22.2. The molecule has 0 aromatic heterocycles. The summed E-state index contributed by atoms with van der Waals surface area (Å²) in [7, 11) is 0. The number of hydrogen-bond donors (Lipinski definition) is 0. The van der Waals surface area contributed by atoms with Crippen LogP contribution in [0.5, 0.6) is 0 Å². The Morgan fingerprint density at radius 2 is 2.29 bits per heavy atom. The monoisotopic (exact) mass is 208 g/mol. The number of allylic oxidation sites excluding steroid dienone is 1. The van der Waals surface area contributed by atoms with Crippen LogP contribution < -0.4 is 0 Å². The van der Waals surface area contributed by atoms with Gasteiger partial charge in [0, 0.05) is 10.6 Å². The van der Waals surface area contributed by atoms with Crippen LogP contribution >= 0.6 is 11.6 Å². The summed E-state index contributed by atoms with van der Waals surface area (Å²) in [6.45, 7) is 4.12. The minimum atomic E-state index is 0.114. The van der Waals surface area contributed by atoms with Gasteiger partial charge in [-0.2, -0.15) is 0 Å². The van der Waals surface area contributed by atoms with Gasteiger partial charge >= 0.3 is 0 Å². The highest BCUT2D eigenvalue weighted by atomic mass is 35.5. The molecule has 0 radical (unpaired) electrons. The number of hydrogen-bond acceptors (Lipinski definition) is 1. The lowest BCUT2D eigenvalue weighted by Gasteiger charge is -2.05. The summed E-state index contributed by atoms with van der Waals surface area (Å²) in [5, 5.41) is 0.811. The van der Waals surface area contributed by atoms with Gasteiger partial charge in [-0.05, 0) is 31.1 Å². The number of halogens is 1. The van der Waals surface area contributed by atoms with E-state index in [1.54, 1.807) is 0 Å². The number of epoxide rings is 1. The number of rotatable bonds is 2. The minimum Gasteiger partial charge on any atom is -0.478 e. The number of benzene rings is 1. The van der Waals surface area contributed by atoms with Gasteiger partial charge in [-0.1, -0.05) is 30.7 Å². The molecular formula is C12H13ClO. The van der Waals surface area contributed by atoms with Crippen LogP contribution in [0, 0.1) is 0 Å². The molecule has 1 unspecified atom stereocenters. The fourth-order valence-electron chi connectivity index (χ4n) is 1.71. The van der Waals surface area contributed by atoms with Crippen molar-refractivity contribution in [2.75, 3.05) is 0 Å². The number of aryl methyl sites for hydroxylation is 1. The van der Waals surface area contributed by atoms with Crippen molar-refractivity contribution in [3.63, 3.8) is 0 Å². The lowest BCUT2D eigenvalue weighted by Crippen LogP contribution is -1.91. The Bertz CT molecular complexity index is 382. The van der Waals surface area contributed by atoms with Gasteiger partial charge in [0.15, 0.2) is 6.10 Å². The Balaban J connectivity index is 2.41. The first-order valence-electron chi connectivity index (χ1n) is 4.88. The van der Waals surface area contributed by atoms with Crippen LogP contribution in [0.1, 0.15) is 31.1 Å². The molecule has 0 N–H and O–H groups in total. The van der Waals surface area contributed by atoms with E-state index in [0.29, 0.717) is 0 Å². The first kappa shape index (κ1) is 9.60. The molecule has 1 atom stereocenters. The van der Waals surface area contributed by atoms with Gasteiger partial charge in [0.25, 0.3) is 0 Å². The van der Waals surface area contributed by atoms with E-state index in [1.165, 1.54) is 5.56 Å². The maximum absolute atomic E-state index is 6.16. The molecule has 1 fully saturated rings. The minimum absolute atomic E-state index is 0.114. The molecule has 1 heterocycles. The zero-order chi connectivity index (χ0) is 10.1. The maximum Gasteiger partial charge on any atom is 0.182 e. The molecule has 0 amide bonds. The van der Waals surface area contributed by atoms with Crippen molar-refractivity contribution in [2.24, 2.45) is 0 Å². The molecule has 1 aromatic rings. The largest absolute Gasteiger partial charge is 0.478 e. The molecule has 14 heavy (non-hydrogen) atoms. The van der Waals surface area contributed by atoms with Crippen LogP contribution in [0.15, 0.2) is 30.0 Å². The molecule has 0 bridgehead atoms. The molecule has 0 aliphatic carbocycles. The van der Waals surface area contributed by atoms with Crippen LogP contribution in [0.25, 0.3) is 0 Å². The summed E-state index contributed by atoms with van der Waals surface area (Å²) in [6, 6.07) is 6.02. The molecule has 1 nitrogen and oxygen atoms in total. The SMILES string of the molecule is C/C=C1\OC1c1c(Cl)cccc1CC. The average Bonchev–Trinajstić information content (AvgIpc) is 2.96. The van der Waals surface area contributed by atoms with E-state index < -0.39 is 0 Å². The van der Waals surface area contributed by atoms with Crippen molar-refractivity contribution in [2.45, 2.75) is 26.4 Å². The molecule has 2 heteroatoms. The summed E-state index contributed by atoms with van der Waals surface area (Å²) in [5.74, 6) is 1.04. The van der Waals surface area contributed by atoms with Gasteiger partial charge in [-0.3, -0.25) is 0 Å². The molecular weight excluding hydrogens is 196 g/mol. The van der Waals surface area contributed by atoms with E-state index in [2.05, 4.69) is 13.0 Å². The molecule has 2 rings (SSSR count). The number of ether oxygens (including phenoxy) is 1. The van der Waals surface area contributed by atoms with E-state index >= 15 is 0 Å². The zero-order valence-electron chi connectivity index (χ0n) is 8.38. The lowest BCUT2D eigenvalue weighted by atomic mass is 10.0. The summed E-state index contributed by atoms with van der Waals surface area (Å²) >= 11 is 6.16. The third-order valence-corrected chi connectivity index (χ3v) is 2.86. The van der Waals surface area contributed by atoms with Gasteiger partial charge in [0.1, 0.15) is 5.76 Å². The van der Waals surface area contributed by atoms with Crippen LogP contribution in [0.3, 0.4) is 0 Å². The first-order valence-corrected chi connectivity index (χ1v) is 5.25. The molecule has 0 saturated carbocycles. The Morgan fingerprint density at radius 1 is 1.50 bits per heavy atom. The molecule has 1 saturated heterocycles. The smallest absolute Gasteiger partial charge is 0.182 e. The quantitative estimate of drug-likeness (QED) is 0.672. The molecule has 1 aliphatic heterocycles. The van der Waals surface area contributed by atoms with Gasteiger partial charge in [-0.15, -0.1) is 0 Å². The Hall–Kier alpha value is -0.950. The summed E-state index contributed by atoms with van der Waals surface area (Å²) in [4.78, 5) is 0. The summed E-state index contributed by atoms with van der Waals surface area (Å²) in [5.41, 5.74) is 2.42. The summed E-state index contributed by atoms with van der Waals surface area (Å²) in [6.07, 6.45) is 3.10. The second-order valence-electron chi connectivity index (χ2n) is 3.36. The van der Waals surface area contributed by atoms with Gasteiger partial charge in [-0.25, -0.2) is 0 Å². The zero-order valence-corrected chi connectivity index (χ0v) is 9.14. The van der Waals surface area contributed by atoms with E-state index in [4.69, 9.17) is 16.3 Å². The average molecular weight is 209 g/mol. The van der Waals surface area contributed by atoms with E-state index in [-0.39, 0.29) is 6.10 Å². The maximum atomic E-state index is 6.16. The third kappa shape index (κ3) is 1.53. The highest BCUT2D eigenvalue weighted by molar-refractivity contribution is 6.31. The Labute approximate surface area is 89.3 Å². The Kier molecular flexibility index (Phi) is 2.51. The van der Waals surface area contributed by atoms with Gasteiger partial charge in [0.2, 0.25) is 0 Å². The van der Waals surface area contributed by atoms with Gasteiger partial charge in [0.05, 0.1) is 0 Å². The van der Waals surface area contributed by atoms with E-state index in [1.807, 2.05) is 25.1 Å². The van der Waals surface area contributed by atoms with Crippen molar-refractivity contribution in [1.29, 1.82) is 0 Å². The second kappa shape index (κ2) is 3.66. The third-order valence-electron chi connectivity index (χ3n) is 2.53. The molecule has 1 aliphatic rings. The first-order chi connectivity index (χ1) is 6.77. The van der Waals surface area contributed by atoms with Crippen molar-refractivity contribution in [1.82, 2.24) is 0 Å². The van der Waals surface area contributed by atoms with Crippen LogP contribution in [-0.2, 0) is 11.2 Å². The van der Waals surface area contributed by atoms with Crippen molar-refractivity contribution < 1.29 is 4.74 Å². The van der Waals surface area contributed by atoms with Crippen LogP contribution in [0.4, 0.5) is 0 Å². The van der Waals surface area contributed by atoms with Crippen LogP contribution in [0.2, 0.25) is 5.02 Å². The van der Waals surface area contributed by atoms with E-state index in [9.17, 15) is 0 Å². The predicted octanol–water partition coefficient (Wildman–Crippen LogP) is 3.88. The standard InChI is InChI=1S/C12H13ClO/c1-3-8-6-5-7-9(13)11(8)12-10(4-2)14-12/h4-7,12H,3H2,1-2H3/b10-4-. The summed E-state index contributed by atoms with van der Waals surface area (Å²) < 4.78 is 5.45. The van der Waals surface area contributed by atoms with Crippen molar-refractivity contribution in [3.05, 3.63) is 46.2 Å². The fourth-order valence-corrected chi connectivity index (χ4v) is 2.00. The fraction of sp³-hybridized carbons (Fsp3) is 0.333. The highest BCUT2D eigenvalue weighted by Gasteiger charge is 2.36. The highest BCUT2D eigenvalue weighted by Crippen LogP contribution is 2.46. The van der Waals surface area contributed by atoms with Crippen LogP contribution in [-0.4, -0.2) is 0 Å². The lowest BCUT2D eigenvalue weighted by molar-refractivity contribution is 0.435. The second-order valence-corrected chi connectivity index (χ2v) is 3.76. The van der Waals surface area contributed by atoms with Crippen molar-refractivity contribution in [3.8, 4) is 0 Å². The van der Waals surface area contributed by atoms with Crippen molar-refractivity contribution >= 4 is 11.6 Å². The molecule has 1 aromatic carbocycles. The van der Waals surface area contributed by atoms with Gasteiger partial charge < -0.3 is 4.74 Å². The predicted molar refractivity (Wildman–Crippen MR) is 58.4 cm³/mol. The topological polar surface area (TPSA) is 12.5 Å².